The summed E-state index contributed by atoms with van der Waals surface area (Å²) in [5, 5.41) is 4.39. The lowest BCUT2D eigenvalue weighted by atomic mass is 10.1. The summed E-state index contributed by atoms with van der Waals surface area (Å²) < 4.78 is 38.6. The molecule has 0 unspecified atom stereocenters. The Bertz CT molecular complexity index is 1330. The third-order valence-electron chi connectivity index (χ3n) is 5.21. The molecule has 0 heterocycles. The van der Waals surface area contributed by atoms with Crippen molar-refractivity contribution in [2.45, 2.75) is 11.3 Å². The number of hydrogen-bond acceptors (Lipinski definition) is 6. The van der Waals surface area contributed by atoms with Crippen molar-refractivity contribution >= 4 is 33.7 Å². The first-order valence-corrected chi connectivity index (χ1v) is 13.2. The van der Waals surface area contributed by atoms with Gasteiger partial charge in [0.1, 0.15) is 6.61 Å². The predicted molar refractivity (Wildman–Crippen MR) is 145 cm³/mol. The van der Waals surface area contributed by atoms with Crippen molar-refractivity contribution in [1.29, 1.82) is 0 Å². The molecule has 3 aromatic rings. The Labute approximate surface area is 222 Å². The highest BCUT2D eigenvalue weighted by Crippen LogP contribution is 2.27. The molecule has 0 aliphatic heterocycles. The molecule has 3 aromatic carbocycles. The minimum absolute atomic E-state index is 0.0483. The molecule has 0 fully saturated rings. The van der Waals surface area contributed by atoms with E-state index in [1.54, 1.807) is 24.3 Å². The van der Waals surface area contributed by atoms with Gasteiger partial charge in [-0.2, -0.15) is 9.41 Å². The van der Waals surface area contributed by atoms with E-state index in [2.05, 4.69) is 17.1 Å². The molecule has 0 spiro atoms. The fraction of sp³-hybridized carbons (Fsp3) is 0.185. The van der Waals surface area contributed by atoms with Crippen molar-refractivity contribution in [1.82, 2.24) is 9.73 Å². The van der Waals surface area contributed by atoms with Gasteiger partial charge in [-0.05, 0) is 60.0 Å². The van der Waals surface area contributed by atoms with Crippen LogP contribution in [0.4, 0.5) is 0 Å². The van der Waals surface area contributed by atoms with E-state index < -0.39 is 22.5 Å². The first-order chi connectivity index (χ1) is 17.8. The molecule has 8 nitrogen and oxygen atoms in total. The summed E-state index contributed by atoms with van der Waals surface area (Å²) in [6.07, 6.45) is 3.49. The summed E-state index contributed by atoms with van der Waals surface area (Å²) in [7, 11) is -2.44. The number of nitrogens with zero attached hydrogens (tertiary/aromatic N) is 2. The number of methoxy groups -OCH3 is 1. The molecular weight excluding hydrogens is 514 g/mol. The number of carbonyl (C=O) groups excluding carboxylic acids is 1. The fourth-order valence-corrected chi connectivity index (χ4v) is 4.87. The first kappa shape index (κ1) is 27.9. The molecule has 0 aliphatic rings. The van der Waals surface area contributed by atoms with Crippen LogP contribution in [-0.2, 0) is 21.2 Å². The van der Waals surface area contributed by atoms with E-state index in [0.717, 1.165) is 9.87 Å². The van der Waals surface area contributed by atoms with Gasteiger partial charge in [-0.25, -0.2) is 13.8 Å². The second-order valence-corrected chi connectivity index (χ2v) is 10.2. The molecule has 0 aromatic heterocycles. The quantitative estimate of drug-likeness (QED) is 0.198. The van der Waals surface area contributed by atoms with E-state index in [9.17, 15) is 13.2 Å². The van der Waals surface area contributed by atoms with Gasteiger partial charge in [0.05, 0.1) is 24.8 Å². The predicted octanol–water partition coefficient (Wildman–Crippen LogP) is 4.30. The van der Waals surface area contributed by atoms with Crippen LogP contribution in [0.1, 0.15) is 11.1 Å². The largest absolute Gasteiger partial charge is 0.493 e. The lowest BCUT2D eigenvalue weighted by Crippen LogP contribution is -2.40. The minimum atomic E-state index is -3.96. The molecule has 1 N–H and O–H groups in total. The number of benzene rings is 3. The van der Waals surface area contributed by atoms with Crippen LogP contribution in [0.3, 0.4) is 0 Å². The van der Waals surface area contributed by atoms with E-state index in [1.807, 2.05) is 30.3 Å². The van der Waals surface area contributed by atoms with Gasteiger partial charge >= 0.3 is 0 Å². The number of amides is 1. The topological polar surface area (TPSA) is 97.3 Å². The molecule has 194 valence electrons. The summed E-state index contributed by atoms with van der Waals surface area (Å²) in [6.45, 7) is 3.64. The van der Waals surface area contributed by atoms with Crippen LogP contribution >= 0.6 is 11.6 Å². The highest BCUT2D eigenvalue weighted by molar-refractivity contribution is 7.89. The Hall–Kier alpha value is -3.66. The van der Waals surface area contributed by atoms with E-state index >= 15 is 0 Å². The molecule has 1 amide bonds. The Morgan fingerprint density at radius 2 is 1.81 bits per heavy atom. The van der Waals surface area contributed by atoms with Gasteiger partial charge in [0, 0.05) is 11.6 Å². The third-order valence-corrected chi connectivity index (χ3v) is 7.32. The number of halogens is 1. The molecule has 0 bridgehead atoms. The SMILES string of the molecule is C=CCOc1ccc(/C=N\NC(=O)CN(CCc2ccccc2)S(=O)(=O)c2ccc(Cl)cc2)cc1OC. The van der Waals surface area contributed by atoms with Gasteiger partial charge < -0.3 is 9.47 Å². The Morgan fingerprint density at radius 3 is 2.49 bits per heavy atom. The molecule has 3 rings (SSSR count). The summed E-state index contributed by atoms with van der Waals surface area (Å²) in [6, 6.07) is 20.4. The van der Waals surface area contributed by atoms with Crippen molar-refractivity contribution in [3.8, 4) is 11.5 Å². The second kappa shape index (κ2) is 13.6. The maximum atomic E-state index is 13.3. The van der Waals surface area contributed by atoms with Crippen LogP contribution in [0, 0.1) is 0 Å². The lowest BCUT2D eigenvalue weighted by molar-refractivity contribution is -0.121. The zero-order valence-electron chi connectivity index (χ0n) is 20.3. The highest BCUT2D eigenvalue weighted by Gasteiger charge is 2.26. The van der Waals surface area contributed by atoms with Crippen LogP contribution < -0.4 is 14.9 Å². The molecule has 10 heteroatoms. The highest BCUT2D eigenvalue weighted by atomic mass is 35.5. The third kappa shape index (κ3) is 8.18. The average Bonchev–Trinajstić information content (AvgIpc) is 2.90. The maximum Gasteiger partial charge on any atom is 0.255 e. The molecule has 0 atom stereocenters. The Morgan fingerprint density at radius 1 is 1.08 bits per heavy atom. The van der Waals surface area contributed by atoms with Gasteiger partial charge in [0.15, 0.2) is 11.5 Å². The van der Waals surface area contributed by atoms with Crippen molar-refractivity contribution < 1.29 is 22.7 Å². The van der Waals surface area contributed by atoms with Gasteiger partial charge in [0.25, 0.3) is 5.91 Å². The van der Waals surface area contributed by atoms with E-state index in [4.69, 9.17) is 21.1 Å². The monoisotopic (exact) mass is 541 g/mol. The van der Waals surface area contributed by atoms with Crippen molar-refractivity contribution in [2.24, 2.45) is 5.10 Å². The first-order valence-electron chi connectivity index (χ1n) is 11.4. The average molecular weight is 542 g/mol. The number of hydrazone groups is 1. The number of sulfonamides is 1. The normalized spacial score (nSPS) is 11.4. The van der Waals surface area contributed by atoms with Crippen LogP contribution in [0.15, 0.2) is 95.4 Å². The van der Waals surface area contributed by atoms with Crippen molar-refractivity contribution in [3.63, 3.8) is 0 Å². The van der Waals surface area contributed by atoms with Gasteiger partial charge in [-0.3, -0.25) is 4.79 Å². The fourth-order valence-electron chi connectivity index (χ4n) is 3.35. The number of ether oxygens (including phenoxy) is 2. The van der Waals surface area contributed by atoms with Crippen LogP contribution in [-0.4, -0.2) is 51.7 Å². The van der Waals surface area contributed by atoms with Crippen LogP contribution in [0.2, 0.25) is 5.02 Å². The zero-order valence-corrected chi connectivity index (χ0v) is 21.9. The number of carbonyl (C=O) groups is 1. The van der Waals surface area contributed by atoms with Crippen LogP contribution in [0.25, 0.3) is 0 Å². The van der Waals surface area contributed by atoms with Crippen molar-refractivity contribution in [2.75, 3.05) is 26.8 Å². The standard InChI is InChI=1S/C27H28ClN3O5S/c1-3-17-36-25-14-9-22(18-26(25)35-2)19-29-30-27(32)20-31(16-15-21-7-5-4-6-8-21)37(33,34)24-12-10-23(28)11-13-24/h3-14,18-19H,1,15-17,20H2,2H3,(H,30,32)/b29-19-. The van der Waals surface area contributed by atoms with Crippen molar-refractivity contribution in [3.05, 3.63) is 102 Å². The summed E-state index contributed by atoms with van der Waals surface area (Å²) in [5.74, 6) is 0.461. The maximum absolute atomic E-state index is 13.3. The minimum Gasteiger partial charge on any atom is -0.493 e. The summed E-state index contributed by atoms with van der Waals surface area (Å²) in [4.78, 5) is 12.7. The second-order valence-electron chi connectivity index (χ2n) is 7.83. The van der Waals surface area contributed by atoms with Gasteiger partial charge in [-0.1, -0.05) is 54.6 Å². The van der Waals surface area contributed by atoms with Crippen LogP contribution in [0.5, 0.6) is 11.5 Å². The molecule has 0 aliphatic carbocycles. The van der Waals surface area contributed by atoms with Gasteiger partial charge in [-0.15, -0.1) is 0 Å². The number of rotatable bonds is 13. The molecule has 0 radical (unpaired) electrons. The molecule has 0 saturated heterocycles. The molecule has 37 heavy (non-hydrogen) atoms. The van der Waals surface area contributed by atoms with E-state index in [0.29, 0.717) is 35.1 Å². The number of nitrogens with one attached hydrogen (secondary N) is 1. The van der Waals surface area contributed by atoms with E-state index in [1.165, 1.54) is 37.6 Å². The van der Waals surface area contributed by atoms with Gasteiger partial charge in [0.2, 0.25) is 10.0 Å². The lowest BCUT2D eigenvalue weighted by Gasteiger charge is -2.21. The Kier molecular flexibility index (Phi) is 10.3. The Balaban J connectivity index is 1.71. The summed E-state index contributed by atoms with van der Waals surface area (Å²) in [5.41, 5.74) is 4.00. The molecular formula is C27H28ClN3O5S. The number of hydrogen-bond donors (Lipinski definition) is 1. The smallest absolute Gasteiger partial charge is 0.255 e. The molecule has 0 saturated carbocycles. The summed E-state index contributed by atoms with van der Waals surface area (Å²) >= 11 is 5.92. The zero-order chi connectivity index (χ0) is 26.7. The van der Waals surface area contributed by atoms with E-state index in [-0.39, 0.29) is 11.4 Å².